The number of hydrogen-bond acceptors (Lipinski definition) is 6. The number of nitrogens with zero attached hydrogens (tertiary/aromatic N) is 2. The summed E-state index contributed by atoms with van der Waals surface area (Å²) in [5.41, 5.74) is 0.989. The van der Waals surface area contributed by atoms with Gasteiger partial charge in [-0.05, 0) is 19.4 Å². The third kappa shape index (κ3) is 6.54. The summed E-state index contributed by atoms with van der Waals surface area (Å²) in [4.78, 5) is 12.3. The van der Waals surface area contributed by atoms with Gasteiger partial charge in [0.15, 0.2) is 4.34 Å². The lowest BCUT2D eigenvalue weighted by atomic mass is 10.1. The fourth-order valence-electron chi connectivity index (χ4n) is 1.87. The van der Waals surface area contributed by atoms with Gasteiger partial charge in [-0.1, -0.05) is 53.4 Å². The molecule has 1 amide bonds. The van der Waals surface area contributed by atoms with Crippen LogP contribution in [0.4, 0.5) is 18.3 Å². The van der Waals surface area contributed by atoms with Gasteiger partial charge in [0.2, 0.25) is 11.0 Å². The van der Waals surface area contributed by atoms with Gasteiger partial charge in [-0.3, -0.25) is 4.79 Å². The van der Waals surface area contributed by atoms with E-state index in [2.05, 4.69) is 20.8 Å². The highest BCUT2D eigenvalue weighted by molar-refractivity contribution is 8.02. The van der Waals surface area contributed by atoms with Gasteiger partial charge >= 0.3 is 6.18 Å². The third-order valence-electron chi connectivity index (χ3n) is 3.15. The van der Waals surface area contributed by atoms with Crippen LogP contribution in [0.3, 0.4) is 0 Å². The number of alkyl halides is 3. The highest BCUT2D eigenvalue weighted by Gasteiger charge is 2.27. The molecule has 2 rings (SSSR count). The van der Waals surface area contributed by atoms with Gasteiger partial charge in [0, 0.05) is 0 Å². The van der Waals surface area contributed by atoms with Gasteiger partial charge in [0.05, 0.1) is 11.3 Å². The predicted molar refractivity (Wildman–Crippen MR) is 92.8 cm³/mol. The van der Waals surface area contributed by atoms with Crippen molar-refractivity contribution in [1.29, 1.82) is 0 Å². The molecular weight excluding hydrogens is 373 g/mol. The first kappa shape index (κ1) is 19.5. The van der Waals surface area contributed by atoms with Crippen LogP contribution in [-0.4, -0.2) is 34.1 Å². The van der Waals surface area contributed by atoms with Crippen molar-refractivity contribution in [2.24, 2.45) is 0 Å². The van der Waals surface area contributed by atoms with E-state index in [1.165, 1.54) is 0 Å². The van der Waals surface area contributed by atoms with Crippen molar-refractivity contribution in [3.05, 3.63) is 35.9 Å². The van der Waals surface area contributed by atoms with E-state index in [1.807, 2.05) is 37.3 Å². The van der Waals surface area contributed by atoms with E-state index in [1.54, 1.807) is 6.92 Å². The summed E-state index contributed by atoms with van der Waals surface area (Å²) in [5.74, 6) is -0.179. The van der Waals surface area contributed by atoms with Crippen molar-refractivity contribution in [1.82, 2.24) is 15.5 Å². The number of carbonyl (C=O) groups excluding carboxylic acids is 1. The fourth-order valence-corrected chi connectivity index (χ4v) is 3.77. The molecule has 0 aliphatic carbocycles. The normalized spacial score (nSPS) is 14.0. The lowest BCUT2D eigenvalue weighted by molar-refractivity contribution is -0.121. The maximum Gasteiger partial charge on any atom is 0.405 e. The zero-order valence-electron chi connectivity index (χ0n) is 13.5. The number of carbonyl (C=O) groups is 1. The van der Waals surface area contributed by atoms with E-state index >= 15 is 0 Å². The summed E-state index contributed by atoms with van der Waals surface area (Å²) >= 11 is 2.14. The molecule has 25 heavy (non-hydrogen) atoms. The second-order valence-corrected chi connectivity index (χ2v) is 7.81. The van der Waals surface area contributed by atoms with Gasteiger partial charge in [-0.15, -0.1) is 10.2 Å². The van der Waals surface area contributed by atoms with Crippen LogP contribution in [0, 0.1) is 0 Å². The van der Waals surface area contributed by atoms with Crippen molar-refractivity contribution in [2.75, 3.05) is 11.9 Å². The number of halogens is 3. The topological polar surface area (TPSA) is 66.9 Å². The minimum atomic E-state index is -4.32. The van der Waals surface area contributed by atoms with Crippen molar-refractivity contribution in [3.8, 4) is 0 Å². The number of rotatable bonds is 7. The van der Waals surface area contributed by atoms with Gasteiger partial charge < -0.3 is 10.6 Å². The summed E-state index contributed by atoms with van der Waals surface area (Å²) in [6, 6.07) is 9.39. The van der Waals surface area contributed by atoms with Crippen molar-refractivity contribution in [3.63, 3.8) is 0 Å². The minimum Gasteiger partial charge on any atom is -0.351 e. The summed E-state index contributed by atoms with van der Waals surface area (Å²) in [6.07, 6.45) is -4.32. The molecule has 10 heteroatoms. The molecule has 136 valence electrons. The molecule has 0 bridgehead atoms. The summed E-state index contributed by atoms with van der Waals surface area (Å²) < 4.78 is 36.9. The highest BCUT2D eigenvalue weighted by atomic mass is 32.2. The second kappa shape index (κ2) is 8.52. The molecule has 0 fully saturated rings. The molecular formula is C15H17F3N4OS2. The zero-order chi connectivity index (χ0) is 18.4. The highest BCUT2D eigenvalue weighted by Crippen LogP contribution is 2.30. The van der Waals surface area contributed by atoms with E-state index in [0.29, 0.717) is 4.34 Å². The first-order chi connectivity index (χ1) is 11.7. The molecule has 0 spiro atoms. The SMILES string of the molecule is CC(Sc1nnc(NCC(F)(F)F)s1)C(=O)NC(C)c1ccccc1. The van der Waals surface area contributed by atoms with Crippen LogP contribution in [0.5, 0.6) is 0 Å². The van der Waals surface area contributed by atoms with Gasteiger partial charge in [0.1, 0.15) is 6.54 Å². The second-order valence-electron chi connectivity index (χ2n) is 5.24. The number of benzene rings is 1. The third-order valence-corrected chi connectivity index (χ3v) is 5.22. The lowest BCUT2D eigenvalue weighted by Gasteiger charge is -2.17. The first-order valence-electron chi connectivity index (χ1n) is 7.40. The number of anilines is 1. The number of hydrogen-bond donors (Lipinski definition) is 2. The standard InChI is InChI=1S/C15H17F3N4OS2/c1-9(11-6-4-3-5-7-11)20-12(23)10(2)24-14-22-21-13(25-14)19-8-15(16,17)18/h3-7,9-10H,8H2,1-2H3,(H,19,21)(H,20,23). The Balaban J connectivity index is 1.85. The predicted octanol–water partition coefficient (Wildman–Crippen LogP) is 3.87. The van der Waals surface area contributed by atoms with Crippen LogP contribution in [-0.2, 0) is 4.79 Å². The molecule has 2 atom stereocenters. The van der Waals surface area contributed by atoms with Gasteiger partial charge in [0.25, 0.3) is 0 Å². The van der Waals surface area contributed by atoms with Crippen LogP contribution in [0.15, 0.2) is 34.7 Å². The smallest absolute Gasteiger partial charge is 0.351 e. The quantitative estimate of drug-likeness (QED) is 0.703. The monoisotopic (exact) mass is 390 g/mol. The average molecular weight is 390 g/mol. The summed E-state index contributed by atoms with van der Waals surface area (Å²) in [6.45, 7) is 2.42. The summed E-state index contributed by atoms with van der Waals surface area (Å²) in [7, 11) is 0. The van der Waals surface area contributed by atoms with Crippen LogP contribution >= 0.6 is 23.1 Å². The van der Waals surface area contributed by atoms with Crippen LogP contribution < -0.4 is 10.6 Å². The molecule has 0 aliphatic heterocycles. The fraction of sp³-hybridized carbons (Fsp3) is 0.400. The Kier molecular flexibility index (Phi) is 6.65. The lowest BCUT2D eigenvalue weighted by Crippen LogP contribution is -2.33. The molecule has 1 heterocycles. The van der Waals surface area contributed by atoms with Crippen LogP contribution in [0.1, 0.15) is 25.5 Å². The van der Waals surface area contributed by atoms with Crippen molar-refractivity contribution >= 4 is 34.1 Å². The molecule has 0 saturated carbocycles. The Morgan fingerprint density at radius 1 is 1.24 bits per heavy atom. The van der Waals surface area contributed by atoms with E-state index in [-0.39, 0.29) is 17.1 Å². The Bertz CT molecular complexity index is 694. The molecule has 0 radical (unpaired) electrons. The molecule has 5 nitrogen and oxygen atoms in total. The maximum atomic E-state index is 12.3. The molecule has 2 aromatic rings. The van der Waals surface area contributed by atoms with Gasteiger partial charge in [-0.25, -0.2) is 0 Å². The Hall–Kier alpha value is -1.81. The van der Waals surface area contributed by atoms with E-state index < -0.39 is 18.0 Å². The molecule has 1 aromatic heterocycles. The van der Waals surface area contributed by atoms with Gasteiger partial charge in [-0.2, -0.15) is 13.2 Å². The number of amides is 1. The van der Waals surface area contributed by atoms with E-state index in [0.717, 1.165) is 28.7 Å². The molecule has 2 unspecified atom stereocenters. The first-order valence-corrected chi connectivity index (χ1v) is 9.10. The number of aromatic nitrogens is 2. The molecule has 0 aliphatic rings. The molecule has 0 saturated heterocycles. The molecule has 2 N–H and O–H groups in total. The average Bonchev–Trinajstić information content (AvgIpc) is 3.00. The van der Waals surface area contributed by atoms with Crippen LogP contribution in [0.25, 0.3) is 0 Å². The van der Waals surface area contributed by atoms with E-state index in [4.69, 9.17) is 0 Å². The minimum absolute atomic E-state index is 0.0742. The zero-order valence-corrected chi connectivity index (χ0v) is 15.1. The Morgan fingerprint density at radius 3 is 2.56 bits per heavy atom. The van der Waals surface area contributed by atoms with Crippen molar-refractivity contribution in [2.45, 2.75) is 35.7 Å². The van der Waals surface area contributed by atoms with Crippen molar-refractivity contribution < 1.29 is 18.0 Å². The molecule has 1 aromatic carbocycles. The van der Waals surface area contributed by atoms with E-state index in [9.17, 15) is 18.0 Å². The number of nitrogens with one attached hydrogen (secondary N) is 2. The number of thioether (sulfide) groups is 1. The van der Waals surface area contributed by atoms with Crippen LogP contribution in [0.2, 0.25) is 0 Å². The Morgan fingerprint density at radius 2 is 1.92 bits per heavy atom. The Labute approximate surface area is 151 Å². The summed E-state index contributed by atoms with van der Waals surface area (Å²) in [5, 5.41) is 12.1. The maximum absolute atomic E-state index is 12.3. The largest absolute Gasteiger partial charge is 0.405 e.